The highest BCUT2D eigenvalue weighted by Crippen LogP contribution is 2.17. The van der Waals surface area contributed by atoms with Crippen LogP contribution < -0.4 is 11.1 Å². The fourth-order valence-corrected chi connectivity index (χ4v) is 1.80. The molecule has 2 nitrogen and oxygen atoms in total. The molecule has 1 aliphatic heterocycles. The molecule has 0 fully saturated rings. The van der Waals surface area contributed by atoms with Crippen LogP contribution in [-0.4, -0.2) is 6.54 Å². The number of hydrogen-bond donors (Lipinski definition) is 2. The van der Waals surface area contributed by atoms with Gasteiger partial charge in [-0.15, -0.1) is 0 Å². The van der Waals surface area contributed by atoms with Gasteiger partial charge in [-0.2, -0.15) is 0 Å². The van der Waals surface area contributed by atoms with Crippen LogP contribution in [0.25, 0.3) is 0 Å². The molecule has 0 bridgehead atoms. The fraction of sp³-hybridized carbons (Fsp3) is 0.400. The molecule has 0 atom stereocenters. The van der Waals surface area contributed by atoms with Crippen LogP contribution in [0.15, 0.2) is 18.2 Å². The molecule has 2 heteroatoms. The predicted molar refractivity (Wildman–Crippen MR) is 49.7 cm³/mol. The van der Waals surface area contributed by atoms with Crippen LogP contribution in [0, 0.1) is 0 Å². The number of rotatable bonds is 1. The van der Waals surface area contributed by atoms with E-state index in [1.807, 2.05) is 0 Å². The standard InChI is InChI=1S/C10H14N2/c11-6-8-2-1-3-9-7-12-5-4-10(8)9/h1-3,12H,4-7,11H2. The summed E-state index contributed by atoms with van der Waals surface area (Å²) in [5.41, 5.74) is 9.86. The van der Waals surface area contributed by atoms with Crippen molar-refractivity contribution in [3.63, 3.8) is 0 Å². The summed E-state index contributed by atoms with van der Waals surface area (Å²) in [6.07, 6.45) is 1.13. The van der Waals surface area contributed by atoms with E-state index in [-0.39, 0.29) is 0 Å². The zero-order chi connectivity index (χ0) is 8.39. The van der Waals surface area contributed by atoms with E-state index < -0.39 is 0 Å². The predicted octanol–water partition coefficient (Wildman–Crippen LogP) is 0.791. The molecule has 64 valence electrons. The molecule has 1 aromatic carbocycles. The number of benzene rings is 1. The van der Waals surface area contributed by atoms with E-state index in [1.54, 1.807) is 0 Å². The Morgan fingerprint density at radius 1 is 1.42 bits per heavy atom. The van der Waals surface area contributed by atoms with Crippen molar-refractivity contribution in [2.75, 3.05) is 6.54 Å². The molecule has 1 heterocycles. The molecule has 0 unspecified atom stereocenters. The van der Waals surface area contributed by atoms with Gasteiger partial charge in [0, 0.05) is 13.1 Å². The first-order valence-corrected chi connectivity index (χ1v) is 4.42. The molecule has 0 aliphatic carbocycles. The van der Waals surface area contributed by atoms with Gasteiger partial charge in [-0.3, -0.25) is 0 Å². The normalized spacial score (nSPS) is 15.8. The van der Waals surface area contributed by atoms with Gasteiger partial charge in [0.2, 0.25) is 0 Å². The van der Waals surface area contributed by atoms with Gasteiger partial charge in [0.1, 0.15) is 0 Å². The lowest BCUT2D eigenvalue weighted by atomic mass is 9.96. The average Bonchev–Trinajstić information content (AvgIpc) is 2.17. The van der Waals surface area contributed by atoms with Crippen molar-refractivity contribution in [1.82, 2.24) is 5.32 Å². The van der Waals surface area contributed by atoms with Gasteiger partial charge >= 0.3 is 0 Å². The molecular weight excluding hydrogens is 148 g/mol. The van der Waals surface area contributed by atoms with Crippen LogP contribution in [0.1, 0.15) is 16.7 Å². The maximum absolute atomic E-state index is 5.65. The van der Waals surface area contributed by atoms with Crippen LogP contribution in [-0.2, 0) is 19.5 Å². The summed E-state index contributed by atoms with van der Waals surface area (Å²) >= 11 is 0. The van der Waals surface area contributed by atoms with Gasteiger partial charge in [-0.25, -0.2) is 0 Å². The van der Waals surface area contributed by atoms with Gasteiger partial charge < -0.3 is 11.1 Å². The van der Waals surface area contributed by atoms with E-state index in [4.69, 9.17) is 5.73 Å². The van der Waals surface area contributed by atoms with Crippen molar-refractivity contribution in [2.45, 2.75) is 19.5 Å². The molecule has 0 radical (unpaired) electrons. The Hall–Kier alpha value is -0.860. The molecule has 1 aromatic rings. The molecule has 0 aromatic heterocycles. The zero-order valence-corrected chi connectivity index (χ0v) is 7.14. The fourth-order valence-electron chi connectivity index (χ4n) is 1.80. The zero-order valence-electron chi connectivity index (χ0n) is 7.14. The highest BCUT2D eigenvalue weighted by Gasteiger charge is 2.10. The first-order chi connectivity index (χ1) is 5.92. The molecule has 0 amide bonds. The van der Waals surface area contributed by atoms with Crippen LogP contribution in [0.2, 0.25) is 0 Å². The second kappa shape index (κ2) is 3.25. The topological polar surface area (TPSA) is 38.0 Å². The maximum Gasteiger partial charge on any atom is 0.0208 e. The monoisotopic (exact) mass is 162 g/mol. The van der Waals surface area contributed by atoms with E-state index in [1.165, 1.54) is 16.7 Å². The minimum absolute atomic E-state index is 0.670. The molecule has 0 spiro atoms. The summed E-state index contributed by atoms with van der Waals surface area (Å²) in [6, 6.07) is 6.40. The van der Waals surface area contributed by atoms with Crippen molar-refractivity contribution >= 4 is 0 Å². The third-order valence-electron chi connectivity index (χ3n) is 2.46. The molecule has 3 N–H and O–H groups in total. The van der Waals surface area contributed by atoms with Crippen molar-refractivity contribution in [3.8, 4) is 0 Å². The van der Waals surface area contributed by atoms with Gasteiger partial charge in [-0.1, -0.05) is 18.2 Å². The summed E-state index contributed by atoms with van der Waals surface area (Å²) in [5.74, 6) is 0. The molecule has 12 heavy (non-hydrogen) atoms. The average molecular weight is 162 g/mol. The van der Waals surface area contributed by atoms with Gasteiger partial charge in [0.15, 0.2) is 0 Å². The lowest BCUT2D eigenvalue weighted by Gasteiger charge is -2.19. The number of hydrogen-bond acceptors (Lipinski definition) is 2. The Morgan fingerprint density at radius 3 is 3.17 bits per heavy atom. The van der Waals surface area contributed by atoms with Gasteiger partial charge in [-0.05, 0) is 29.7 Å². The van der Waals surface area contributed by atoms with E-state index in [2.05, 4.69) is 23.5 Å². The second-order valence-electron chi connectivity index (χ2n) is 3.19. The van der Waals surface area contributed by atoms with Crippen LogP contribution in [0.3, 0.4) is 0 Å². The lowest BCUT2D eigenvalue weighted by molar-refractivity contribution is 0.638. The minimum Gasteiger partial charge on any atom is -0.326 e. The maximum atomic E-state index is 5.65. The second-order valence-corrected chi connectivity index (χ2v) is 3.19. The Balaban J connectivity index is 2.44. The third-order valence-corrected chi connectivity index (χ3v) is 2.46. The summed E-state index contributed by atoms with van der Waals surface area (Å²) in [7, 11) is 0. The Morgan fingerprint density at radius 2 is 2.33 bits per heavy atom. The number of nitrogens with one attached hydrogen (secondary N) is 1. The Bertz CT molecular complexity index is 267. The molecule has 0 saturated heterocycles. The van der Waals surface area contributed by atoms with Gasteiger partial charge in [0.25, 0.3) is 0 Å². The lowest BCUT2D eigenvalue weighted by Crippen LogP contribution is -2.25. The van der Waals surface area contributed by atoms with Crippen molar-refractivity contribution < 1.29 is 0 Å². The molecular formula is C10H14N2. The number of nitrogens with two attached hydrogens (primary N) is 1. The largest absolute Gasteiger partial charge is 0.326 e. The summed E-state index contributed by atoms with van der Waals surface area (Å²) in [5, 5.41) is 3.35. The van der Waals surface area contributed by atoms with Crippen molar-refractivity contribution in [2.24, 2.45) is 5.73 Å². The van der Waals surface area contributed by atoms with Crippen LogP contribution >= 0.6 is 0 Å². The van der Waals surface area contributed by atoms with E-state index in [0.29, 0.717) is 6.54 Å². The first-order valence-electron chi connectivity index (χ1n) is 4.42. The van der Waals surface area contributed by atoms with Crippen molar-refractivity contribution in [3.05, 3.63) is 34.9 Å². The van der Waals surface area contributed by atoms with Crippen LogP contribution in [0.5, 0.6) is 0 Å². The molecule has 2 rings (SSSR count). The first kappa shape index (κ1) is 7.77. The number of fused-ring (bicyclic) bond motifs is 1. The highest BCUT2D eigenvalue weighted by molar-refractivity contribution is 5.36. The van der Waals surface area contributed by atoms with E-state index in [0.717, 1.165) is 19.5 Å². The van der Waals surface area contributed by atoms with Crippen LogP contribution in [0.4, 0.5) is 0 Å². The smallest absolute Gasteiger partial charge is 0.0208 e. The summed E-state index contributed by atoms with van der Waals surface area (Å²) < 4.78 is 0. The van der Waals surface area contributed by atoms with Crippen molar-refractivity contribution in [1.29, 1.82) is 0 Å². The van der Waals surface area contributed by atoms with Gasteiger partial charge in [0.05, 0.1) is 0 Å². The SMILES string of the molecule is NCc1cccc2c1CCNC2. The third kappa shape index (κ3) is 1.24. The Kier molecular flexibility index (Phi) is 2.11. The Labute approximate surface area is 72.8 Å². The molecule has 0 saturated carbocycles. The van der Waals surface area contributed by atoms with E-state index >= 15 is 0 Å². The molecule has 1 aliphatic rings. The highest BCUT2D eigenvalue weighted by atomic mass is 14.9. The minimum atomic E-state index is 0.670. The summed E-state index contributed by atoms with van der Waals surface area (Å²) in [6.45, 7) is 2.76. The summed E-state index contributed by atoms with van der Waals surface area (Å²) in [4.78, 5) is 0. The quantitative estimate of drug-likeness (QED) is 0.640. The van der Waals surface area contributed by atoms with E-state index in [9.17, 15) is 0 Å².